The molecular formula is C11H14BrNO4. The van der Waals surface area contributed by atoms with Gasteiger partial charge in [-0.25, -0.2) is 9.78 Å². The molecule has 0 bridgehead atoms. The van der Waals surface area contributed by atoms with Crippen molar-refractivity contribution in [2.24, 2.45) is 0 Å². The number of nitrogens with zero attached hydrogens (tertiary/aromatic N) is 1. The lowest BCUT2D eigenvalue weighted by Gasteiger charge is -2.18. The van der Waals surface area contributed by atoms with Gasteiger partial charge in [0.05, 0.1) is 13.2 Å². The zero-order valence-corrected chi connectivity index (χ0v) is 10.9. The molecule has 2 N–H and O–H groups in total. The Kier molecular flexibility index (Phi) is 5.54. The molecule has 6 heteroatoms. The maximum atomic E-state index is 11.4. The number of hydrogen-bond acceptors (Lipinski definition) is 5. The minimum Gasteiger partial charge on any atom is -0.464 e. The molecule has 5 nitrogen and oxygen atoms in total. The number of hydrogen-bond donors (Lipinski definition) is 2. The number of aromatic nitrogens is 1. The first-order chi connectivity index (χ1) is 8.11. The van der Waals surface area contributed by atoms with Crippen LogP contribution < -0.4 is 0 Å². The molecule has 0 aromatic carbocycles. The summed E-state index contributed by atoms with van der Waals surface area (Å²) in [5.74, 6) is -0.634. The Balaban J connectivity index is 3.00. The predicted octanol–water partition coefficient (Wildman–Crippen LogP) is 1.05. The van der Waals surface area contributed by atoms with Gasteiger partial charge in [-0.1, -0.05) is 22.0 Å². The Hall–Kier alpha value is -0.980. The molecule has 2 atom stereocenters. The highest BCUT2D eigenvalue weighted by Gasteiger charge is 2.24. The van der Waals surface area contributed by atoms with E-state index in [4.69, 9.17) is 0 Å². The summed E-state index contributed by atoms with van der Waals surface area (Å²) in [4.78, 5) is 15.3. The van der Waals surface area contributed by atoms with Gasteiger partial charge in [-0.2, -0.15) is 0 Å². The maximum absolute atomic E-state index is 11.4. The van der Waals surface area contributed by atoms with Crippen LogP contribution in [0.15, 0.2) is 18.3 Å². The molecule has 0 radical (unpaired) electrons. The molecule has 0 saturated heterocycles. The fraction of sp³-hybridized carbons (Fsp3) is 0.455. The van der Waals surface area contributed by atoms with Gasteiger partial charge in [0.1, 0.15) is 6.10 Å². The average molecular weight is 304 g/mol. The molecular weight excluding hydrogens is 290 g/mol. The molecule has 0 aliphatic carbocycles. The summed E-state index contributed by atoms with van der Waals surface area (Å²) in [6.07, 6.45) is -0.312. The van der Waals surface area contributed by atoms with Crippen LogP contribution in [-0.2, 0) is 4.74 Å². The smallest absolute Gasteiger partial charge is 0.357 e. The second-order valence-electron chi connectivity index (χ2n) is 3.42. The standard InChI is InChI=1S/C11H14BrNO4/c1-17-11(16)9-7(3-2-6-13-9)10(15)8(14)4-5-12/h2-3,6,8,10,14-15H,4-5H2,1H3. The van der Waals surface area contributed by atoms with Crippen LogP contribution in [0.4, 0.5) is 0 Å². The zero-order chi connectivity index (χ0) is 12.8. The number of methoxy groups -OCH3 is 1. The van der Waals surface area contributed by atoms with Crippen molar-refractivity contribution in [3.63, 3.8) is 0 Å². The first kappa shape index (κ1) is 14.1. The first-order valence-electron chi connectivity index (χ1n) is 5.07. The van der Waals surface area contributed by atoms with Crippen molar-refractivity contribution in [2.75, 3.05) is 12.4 Å². The molecule has 1 heterocycles. The van der Waals surface area contributed by atoms with E-state index in [-0.39, 0.29) is 11.3 Å². The number of aliphatic hydroxyl groups is 2. The molecule has 1 rings (SSSR count). The normalized spacial score (nSPS) is 14.1. The molecule has 94 valence electrons. The van der Waals surface area contributed by atoms with Crippen molar-refractivity contribution in [3.8, 4) is 0 Å². The molecule has 0 aliphatic heterocycles. The van der Waals surface area contributed by atoms with Crippen molar-refractivity contribution in [2.45, 2.75) is 18.6 Å². The zero-order valence-electron chi connectivity index (χ0n) is 9.34. The summed E-state index contributed by atoms with van der Waals surface area (Å²) >= 11 is 3.17. The van der Waals surface area contributed by atoms with Gasteiger partial charge in [0.2, 0.25) is 0 Å². The number of aliphatic hydroxyl groups excluding tert-OH is 2. The number of ether oxygens (including phenoxy) is 1. The Morgan fingerprint density at radius 2 is 2.29 bits per heavy atom. The fourth-order valence-corrected chi connectivity index (χ4v) is 1.87. The Labute approximate surface area is 108 Å². The largest absolute Gasteiger partial charge is 0.464 e. The van der Waals surface area contributed by atoms with E-state index in [0.29, 0.717) is 11.8 Å². The Bertz CT molecular complexity index is 385. The summed E-state index contributed by atoms with van der Waals surface area (Å²) < 4.78 is 4.56. The van der Waals surface area contributed by atoms with Gasteiger partial charge in [0.15, 0.2) is 5.69 Å². The average Bonchev–Trinajstić information content (AvgIpc) is 2.37. The minimum atomic E-state index is -1.16. The summed E-state index contributed by atoms with van der Waals surface area (Å²) in [7, 11) is 1.24. The van der Waals surface area contributed by atoms with Crippen molar-refractivity contribution >= 4 is 21.9 Å². The quantitative estimate of drug-likeness (QED) is 0.628. The molecule has 1 aromatic rings. The van der Waals surface area contributed by atoms with E-state index >= 15 is 0 Å². The van der Waals surface area contributed by atoms with Crippen molar-refractivity contribution in [1.29, 1.82) is 0 Å². The number of rotatable bonds is 5. The van der Waals surface area contributed by atoms with Gasteiger partial charge >= 0.3 is 5.97 Å². The lowest BCUT2D eigenvalue weighted by molar-refractivity contribution is 0.0158. The lowest BCUT2D eigenvalue weighted by Crippen LogP contribution is -2.22. The third kappa shape index (κ3) is 3.49. The van der Waals surface area contributed by atoms with E-state index in [2.05, 4.69) is 25.7 Å². The van der Waals surface area contributed by atoms with Gasteiger partial charge < -0.3 is 14.9 Å². The molecule has 0 amide bonds. The maximum Gasteiger partial charge on any atom is 0.357 e. The van der Waals surface area contributed by atoms with Gasteiger partial charge in [-0.15, -0.1) is 0 Å². The van der Waals surface area contributed by atoms with Crippen molar-refractivity contribution < 1.29 is 19.7 Å². The van der Waals surface area contributed by atoms with E-state index in [0.717, 1.165) is 0 Å². The molecule has 0 saturated carbocycles. The highest BCUT2D eigenvalue weighted by Crippen LogP contribution is 2.22. The van der Waals surface area contributed by atoms with Crippen LogP contribution in [0.2, 0.25) is 0 Å². The predicted molar refractivity (Wildman–Crippen MR) is 65.0 cm³/mol. The lowest BCUT2D eigenvalue weighted by atomic mass is 10.0. The summed E-state index contributed by atoms with van der Waals surface area (Å²) in [5, 5.41) is 20.2. The summed E-state index contributed by atoms with van der Waals surface area (Å²) in [6.45, 7) is 0. The van der Waals surface area contributed by atoms with Crippen LogP contribution in [0.1, 0.15) is 28.6 Å². The van der Waals surface area contributed by atoms with Crippen molar-refractivity contribution in [3.05, 3.63) is 29.6 Å². The fourth-order valence-electron chi connectivity index (χ4n) is 1.40. The van der Waals surface area contributed by atoms with Crippen molar-refractivity contribution in [1.82, 2.24) is 4.98 Å². The van der Waals surface area contributed by atoms with Gasteiger partial charge in [-0.3, -0.25) is 0 Å². The van der Waals surface area contributed by atoms with Crippen LogP contribution in [-0.4, -0.2) is 39.7 Å². The van der Waals surface area contributed by atoms with E-state index < -0.39 is 18.2 Å². The monoisotopic (exact) mass is 303 g/mol. The number of halogens is 1. The van der Waals surface area contributed by atoms with E-state index in [1.165, 1.54) is 13.3 Å². The number of alkyl halides is 1. The van der Waals surface area contributed by atoms with Crippen LogP contribution in [0, 0.1) is 0 Å². The number of carbonyl (C=O) groups is 1. The number of pyridine rings is 1. The molecule has 2 unspecified atom stereocenters. The third-order valence-corrected chi connectivity index (χ3v) is 2.76. The minimum absolute atomic E-state index is 0.0242. The third-order valence-electron chi connectivity index (χ3n) is 2.31. The van der Waals surface area contributed by atoms with E-state index in [1.54, 1.807) is 12.1 Å². The first-order valence-corrected chi connectivity index (χ1v) is 6.19. The van der Waals surface area contributed by atoms with Crippen LogP contribution in [0.5, 0.6) is 0 Å². The summed E-state index contributed by atoms with van der Waals surface area (Å²) in [5.41, 5.74) is 0.295. The topological polar surface area (TPSA) is 79.7 Å². The SMILES string of the molecule is COC(=O)c1ncccc1C(O)C(O)CCBr. The molecule has 17 heavy (non-hydrogen) atoms. The number of esters is 1. The van der Waals surface area contributed by atoms with Crippen LogP contribution in [0.25, 0.3) is 0 Å². The Morgan fingerprint density at radius 3 is 2.88 bits per heavy atom. The van der Waals surface area contributed by atoms with E-state index in [9.17, 15) is 15.0 Å². The van der Waals surface area contributed by atoms with Gasteiger partial charge in [0, 0.05) is 17.1 Å². The van der Waals surface area contributed by atoms with Crippen LogP contribution in [0.3, 0.4) is 0 Å². The highest BCUT2D eigenvalue weighted by atomic mass is 79.9. The molecule has 0 fully saturated rings. The molecule has 1 aromatic heterocycles. The second-order valence-corrected chi connectivity index (χ2v) is 4.22. The number of carbonyl (C=O) groups excluding carboxylic acids is 1. The second kappa shape index (κ2) is 6.68. The molecule has 0 aliphatic rings. The molecule has 0 spiro atoms. The summed E-state index contributed by atoms with van der Waals surface area (Å²) in [6, 6.07) is 3.13. The van der Waals surface area contributed by atoms with Gasteiger partial charge in [0.25, 0.3) is 0 Å². The van der Waals surface area contributed by atoms with E-state index in [1.807, 2.05) is 0 Å². The Morgan fingerprint density at radius 1 is 1.59 bits per heavy atom. The van der Waals surface area contributed by atoms with Crippen LogP contribution >= 0.6 is 15.9 Å². The highest BCUT2D eigenvalue weighted by molar-refractivity contribution is 9.09. The van der Waals surface area contributed by atoms with Gasteiger partial charge in [-0.05, 0) is 12.5 Å².